The van der Waals surface area contributed by atoms with Gasteiger partial charge >= 0.3 is 5.97 Å². The maximum Gasteiger partial charge on any atom is 0.358 e. The Hall–Kier alpha value is -2.26. The van der Waals surface area contributed by atoms with Crippen molar-refractivity contribution in [1.29, 1.82) is 0 Å². The number of carbonyl (C=O) groups is 2. The lowest BCUT2D eigenvalue weighted by molar-refractivity contribution is -0.119. The van der Waals surface area contributed by atoms with E-state index in [1.807, 2.05) is 43.3 Å². The largest absolute Gasteiger partial charge is 0.451 e. The van der Waals surface area contributed by atoms with Crippen molar-refractivity contribution >= 4 is 51.5 Å². The van der Waals surface area contributed by atoms with Crippen LogP contribution in [0.25, 0.3) is 10.6 Å². The molecular weight excluding hydrogens is 463 g/mol. The average molecular weight is 478 g/mol. The Morgan fingerprint density at radius 3 is 2.50 bits per heavy atom. The highest BCUT2D eigenvalue weighted by Gasteiger charge is 2.15. The van der Waals surface area contributed by atoms with Crippen LogP contribution >= 0.6 is 33.9 Å². The SMILES string of the molecule is Cc1ccc(-c2nc(C(=O)OCC(=O)Nc3ccc(I)cc3)cs2)cc1. The maximum atomic E-state index is 12.1. The van der Waals surface area contributed by atoms with Gasteiger partial charge in [0.25, 0.3) is 5.91 Å². The minimum atomic E-state index is -0.614. The van der Waals surface area contributed by atoms with Crippen molar-refractivity contribution in [3.8, 4) is 10.6 Å². The number of carbonyl (C=O) groups excluding carboxylic acids is 2. The molecule has 1 N–H and O–H groups in total. The Labute approximate surface area is 168 Å². The van der Waals surface area contributed by atoms with Crippen LogP contribution in [0.5, 0.6) is 0 Å². The fraction of sp³-hybridized carbons (Fsp3) is 0.105. The summed E-state index contributed by atoms with van der Waals surface area (Å²) in [5.41, 5.74) is 2.95. The van der Waals surface area contributed by atoms with E-state index in [9.17, 15) is 9.59 Å². The molecule has 1 amide bonds. The van der Waals surface area contributed by atoms with Crippen LogP contribution in [0.4, 0.5) is 5.69 Å². The third-order valence-corrected chi connectivity index (χ3v) is 5.08. The van der Waals surface area contributed by atoms with Crippen LogP contribution in [-0.4, -0.2) is 23.5 Å². The van der Waals surface area contributed by atoms with Crippen molar-refractivity contribution in [3.05, 3.63) is 68.7 Å². The van der Waals surface area contributed by atoms with Gasteiger partial charge in [0.05, 0.1) is 0 Å². The van der Waals surface area contributed by atoms with E-state index in [4.69, 9.17) is 4.74 Å². The normalized spacial score (nSPS) is 10.4. The van der Waals surface area contributed by atoms with Crippen LogP contribution in [0.3, 0.4) is 0 Å². The minimum absolute atomic E-state index is 0.202. The lowest BCUT2D eigenvalue weighted by Crippen LogP contribution is -2.21. The van der Waals surface area contributed by atoms with E-state index >= 15 is 0 Å². The molecular formula is C19H15IN2O3S. The smallest absolute Gasteiger partial charge is 0.358 e. The molecule has 3 rings (SSSR count). The molecule has 0 saturated heterocycles. The van der Waals surface area contributed by atoms with Gasteiger partial charge in [-0.25, -0.2) is 9.78 Å². The topological polar surface area (TPSA) is 68.3 Å². The summed E-state index contributed by atoms with van der Waals surface area (Å²) >= 11 is 3.54. The van der Waals surface area contributed by atoms with E-state index in [1.54, 1.807) is 17.5 Å². The molecule has 0 bridgehead atoms. The van der Waals surface area contributed by atoms with Gasteiger partial charge in [-0.1, -0.05) is 29.8 Å². The zero-order chi connectivity index (χ0) is 18.5. The molecule has 1 aromatic heterocycles. The first kappa shape index (κ1) is 18.5. The number of hydrogen-bond donors (Lipinski definition) is 1. The second-order valence-corrected chi connectivity index (χ2v) is 7.64. The average Bonchev–Trinajstić information content (AvgIpc) is 3.12. The number of hydrogen-bond acceptors (Lipinski definition) is 5. The predicted octanol–water partition coefficient (Wildman–Crippen LogP) is 4.52. The summed E-state index contributed by atoms with van der Waals surface area (Å²) in [7, 11) is 0. The zero-order valence-electron chi connectivity index (χ0n) is 13.9. The Kier molecular flexibility index (Phi) is 6.00. The molecule has 0 atom stereocenters. The van der Waals surface area contributed by atoms with Gasteiger partial charge in [0.2, 0.25) is 0 Å². The highest BCUT2D eigenvalue weighted by atomic mass is 127. The number of benzene rings is 2. The van der Waals surface area contributed by atoms with E-state index < -0.39 is 11.9 Å². The summed E-state index contributed by atoms with van der Waals surface area (Å²) in [5, 5.41) is 5.04. The van der Waals surface area contributed by atoms with Gasteiger partial charge in [-0.2, -0.15) is 0 Å². The second-order valence-electron chi connectivity index (χ2n) is 5.54. The Bertz CT molecular complexity index is 921. The molecule has 26 heavy (non-hydrogen) atoms. The molecule has 0 aliphatic heterocycles. The van der Waals surface area contributed by atoms with Crippen molar-refractivity contribution in [1.82, 2.24) is 4.98 Å². The number of amides is 1. The first-order valence-electron chi connectivity index (χ1n) is 7.76. The number of nitrogens with zero attached hydrogens (tertiary/aromatic N) is 1. The number of nitrogens with one attached hydrogen (secondary N) is 1. The number of esters is 1. The first-order valence-corrected chi connectivity index (χ1v) is 9.72. The van der Waals surface area contributed by atoms with Crippen LogP contribution < -0.4 is 5.32 Å². The molecule has 0 aliphatic carbocycles. The summed E-state index contributed by atoms with van der Waals surface area (Å²) in [5.74, 6) is -1.01. The molecule has 0 spiro atoms. The molecule has 0 radical (unpaired) electrons. The van der Waals surface area contributed by atoms with Gasteiger partial charge in [-0.15, -0.1) is 11.3 Å². The highest BCUT2D eigenvalue weighted by Crippen LogP contribution is 2.24. The van der Waals surface area contributed by atoms with Crippen molar-refractivity contribution in [2.75, 3.05) is 11.9 Å². The molecule has 5 nitrogen and oxygen atoms in total. The van der Waals surface area contributed by atoms with Gasteiger partial charge in [0, 0.05) is 20.2 Å². The van der Waals surface area contributed by atoms with Crippen molar-refractivity contribution in [2.45, 2.75) is 6.92 Å². The lowest BCUT2D eigenvalue weighted by atomic mass is 10.2. The minimum Gasteiger partial charge on any atom is -0.451 e. The number of thiazole rings is 1. The molecule has 7 heteroatoms. The van der Waals surface area contributed by atoms with Crippen LogP contribution in [0, 0.1) is 10.5 Å². The van der Waals surface area contributed by atoms with E-state index in [-0.39, 0.29) is 12.3 Å². The van der Waals surface area contributed by atoms with Gasteiger partial charge < -0.3 is 10.1 Å². The van der Waals surface area contributed by atoms with E-state index in [0.717, 1.165) is 19.7 Å². The van der Waals surface area contributed by atoms with Crippen molar-refractivity contribution in [3.63, 3.8) is 0 Å². The lowest BCUT2D eigenvalue weighted by Gasteiger charge is -2.05. The monoisotopic (exact) mass is 478 g/mol. The molecule has 0 aliphatic rings. The van der Waals surface area contributed by atoms with E-state index in [1.165, 1.54) is 11.3 Å². The summed E-state index contributed by atoms with van der Waals surface area (Å²) < 4.78 is 6.12. The molecule has 2 aromatic carbocycles. The van der Waals surface area contributed by atoms with Crippen molar-refractivity contribution < 1.29 is 14.3 Å². The third kappa shape index (κ3) is 4.89. The standard InChI is InChI=1S/C19H15IN2O3S/c1-12-2-4-13(5-3-12)18-22-16(11-26-18)19(24)25-10-17(23)21-15-8-6-14(20)7-9-15/h2-9,11H,10H2,1H3,(H,21,23). The van der Waals surface area contributed by atoms with E-state index in [2.05, 4.69) is 32.9 Å². The summed E-state index contributed by atoms with van der Waals surface area (Å²) in [6, 6.07) is 15.2. The zero-order valence-corrected chi connectivity index (χ0v) is 16.8. The fourth-order valence-corrected chi connectivity index (χ4v) is 3.29. The Morgan fingerprint density at radius 2 is 1.81 bits per heavy atom. The highest BCUT2D eigenvalue weighted by molar-refractivity contribution is 14.1. The number of ether oxygens (including phenoxy) is 1. The first-order chi connectivity index (χ1) is 12.5. The van der Waals surface area contributed by atoms with Crippen molar-refractivity contribution in [2.24, 2.45) is 0 Å². The van der Waals surface area contributed by atoms with Crippen LogP contribution in [-0.2, 0) is 9.53 Å². The van der Waals surface area contributed by atoms with Crippen LogP contribution in [0.1, 0.15) is 16.1 Å². The number of anilines is 1. The summed E-state index contributed by atoms with van der Waals surface area (Å²) in [6.45, 7) is 1.65. The quantitative estimate of drug-likeness (QED) is 0.433. The third-order valence-electron chi connectivity index (χ3n) is 3.47. The Morgan fingerprint density at radius 1 is 1.12 bits per heavy atom. The van der Waals surface area contributed by atoms with Crippen LogP contribution in [0.15, 0.2) is 53.9 Å². The van der Waals surface area contributed by atoms with Gasteiger partial charge in [0.1, 0.15) is 5.01 Å². The number of aromatic nitrogens is 1. The molecule has 3 aromatic rings. The number of rotatable bonds is 5. The fourth-order valence-electron chi connectivity index (χ4n) is 2.13. The maximum absolute atomic E-state index is 12.1. The summed E-state index contributed by atoms with van der Waals surface area (Å²) in [6.07, 6.45) is 0. The van der Waals surface area contributed by atoms with Gasteiger partial charge in [-0.05, 0) is 53.8 Å². The molecule has 132 valence electrons. The molecule has 0 unspecified atom stereocenters. The van der Waals surface area contributed by atoms with Crippen LogP contribution in [0.2, 0.25) is 0 Å². The molecule has 0 saturated carbocycles. The molecule has 0 fully saturated rings. The molecule has 1 heterocycles. The Balaban J connectivity index is 1.55. The second kappa shape index (κ2) is 8.41. The van der Waals surface area contributed by atoms with Gasteiger partial charge in [-0.3, -0.25) is 4.79 Å². The van der Waals surface area contributed by atoms with E-state index in [0.29, 0.717) is 5.69 Å². The number of aryl methyl sites for hydroxylation is 1. The van der Waals surface area contributed by atoms with Gasteiger partial charge in [0.15, 0.2) is 12.3 Å². The summed E-state index contributed by atoms with van der Waals surface area (Å²) in [4.78, 5) is 28.3. The predicted molar refractivity (Wildman–Crippen MR) is 110 cm³/mol. The number of halogens is 1.